The Balaban J connectivity index is 2.82. The molecule has 56 valence electrons. The largest absolute Gasteiger partial charge is 0.237 e. The van der Waals surface area contributed by atoms with Gasteiger partial charge in [-0.05, 0) is 24.3 Å². The first kappa shape index (κ1) is 8.10. The smallest absolute Gasteiger partial charge is 0.150 e. The van der Waals surface area contributed by atoms with E-state index in [0.29, 0.717) is 5.02 Å². The van der Waals surface area contributed by atoms with Gasteiger partial charge in [0.05, 0.1) is 0 Å². The summed E-state index contributed by atoms with van der Waals surface area (Å²) in [7, 11) is 0. The molecule has 0 aliphatic rings. The molecule has 0 aromatic heterocycles. The third-order valence-corrected chi connectivity index (χ3v) is 1.40. The first-order valence-corrected chi connectivity index (χ1v) is 3.51. The maximum Gasteiger partial charge on any atom is 0.150 e. The molecule has 0 saturated carbocycles. The molecule has 0 amide bonds. The molecule has 0 aliphatic heterocycles. The van der Waals surface area contributed by atoms with E-state index in [4.69, 9.17) is 11.6 Å². The number of halogens is 2. The van der Waals surface area contributed by atoms with Crippen LogP contribution in [-0.2, 0) is 0 Å². The van der Waals surface area contributed by atoms with Gasteiger partial charge in [0, 0.05) is 10.6 Å². The van der Waals surface area contributed by atoms with E-state index in [1.165, 1.54) is 0 Å². The van der Waals surface area contributed by atoms with Crippen LogP contribution in [0.4, 0.5) is 4.39 Å². The van der Waals surface area contributed by atoms with E-state index in [0.717, 1.165) is 5.56 Å². The highest BCUT2D eigenvalue weighted by Gasteiger charge is 1.85. The SMILES string of the molecule is FCC#Cc1ccc(Cl)cc1. The van der Waals surface area contributed by atoms with Crippen LogP contribution < -0.4 is 0 Å². The lowest BCUT2D eigenvalue weighted by molar-refractivity contribution is 0.573. The zero-order valence-corrected chi connectivity index (χ0v) is 6.53. The van der Waals surface area contributed by atoms with Crippen LogP contribution in [0, 0.1) is 11.8 Å². The Bertz CT molecular complexity index is 279. The lowest BCUT2D eigenvalue weighted by Gasteiger charge is -1.88. The molecular weight excluding hydrogens is 163 g/mol. The van der Waals surface area contributed by atoms with Crippen LogP contribution in [0.5, 0.6) is 0 Å². The second-order valence-corrected chi connectivity index (χ2v) is 2.38. The van der Waals surface area contributed by atoms with Crippen LogP contribution in [0.3, 0.4) is 0 Å². The maximum absolute atomic E-state index is 11.6. The summed E-state index contributed by atoms with van der Waals surface area (Å²) in [5.41, 5.74) is 0.784. The quantitative estimate of drug-likeness (QED) is 0.523. The molecule has 1 aromatic carbocycles. The van der Waals surface area contributed by atoms with E-state index in [1.807, 2.05) is 0 Å². The monoisotopic (exact) mass is 168 g/mol. The minimum Gasteiger partial charge on any atom is -0.237 e. The predicted molar refractivity (Wildman–Crippen MR) is 44.3 cm³/mol. The standard InChI is InChI=1S/C9H6ClF/c10-9-5-3-8(4-6-9)2-1-7-11/h3-6H,7H2. The van der Waals surface area contributed by atoms with Crippen molar-refractivity contribution in [2.45, 2.75) is 0 Å². The third kappa shape index (κ3) is 2.61. The Morgan fingerprint density at radius 2 is 1.91 bits per heavy atom. The van der Waals surface area contributed by atoms with Crippen LogP contribution in [-0.4, -0.2) is 6.67 Å². The minimum absolute atomic E-state index is 0.609. The van der Waals surface area contributed by atoms with Crippen LogP contribution in [0.15, 0.2) is 24.3 Å². The molecule has 0 atom stereocenters. The molecule has 0 fully saturated rings. The molecule has 0 radical (unpaired) electrons. The van der Waals surface area contributed by atoms with Crippen LogP contribution in [0.1, 0.15) is 5.56 Å². The molecule has 1 aromatic rings. The highest BCUT2D eigenvalue weighted by Crippen LogP contribution is 2.07. The first-order chi connectivity index (χ1) is 5.33. The molecule has 0 unspecified atom stereocenters. The second kappa shape index (κ2) is 4.00. The van der Waals surface area contributed by atoms with Crippen molar-refractivity contribution in [3.05, 3.63) is 34.9 Å². The fourth-order valence-electron chi connectivity index (χ4n) is 0.669. The van der Waals surface area contributed by atoms with Crippen molar-refractivity contribution < 1.29 is 4.39 Å². The molecule has 0 bridgehead atoms. The lowest BCUT2D eigenvalue weighted by atomic mass is 10.2. The zero-order chi connectivity index (χ0) is 8.10. The highest BCUT2D eigenvalue weighted by molar-refractivity contribution is 6.30. The van der Waals surface area contributed by atoms with E-state index < -0.39 is 6.67 Å². The van der Waals surface area contributed by atoms with Gasteiger partial charge in [-0.15, -0.1) is 0 Å². The molecule has 1 rings (SSSR count). The normalized spacial score (nSPS) is 8.55. The van der Waals surface area contributed by atoms with Crippen molar-refractivity contribution in [3.8, 4) is 11.8 Å². The van der Waals surface area contributed by atoms with E-state index in [9.17, 15) is 4.39 Å². The van der Waals surface area contributed by atoms with Gasteiger partial charge in [0.25, 0.3) is 0 Å². The van der Waals surface area contributed by atoms with E-state index in [1.54, 1.807) is 24.3 Å². The van der Waals surface area contributed by atoms with Gasteiger partial charge in [-0.3, -0.25) is 0 Å². The molecule has 0 N–H and O–H groups in total. The molecule has 0 aliphatic carbocycles. The van der Waals surface area contributed by atoms with Gasteiger partial charge in [-0.1, -0.05) is 23.4 Å². The summed E-state index contributed by atoms with van der Waals surface area (Å²) in [5.74, 6) is 4.96. The summed E-state index contributed by atoms with van der Waals surface area (Å²) in [6.07, 6.45) is 0. The molecule has 11 heavy (non-hydrogen) atoms. The Hall–Kier alpha value is -1.00. The number of hydrogen-bond acceptors (Lipinski definition) is 0. The number of hydrogen-bond donors (Lipinski definition) is 0. The van der Waals surface area contributed by atoms with Crippen molar-refractivity contribution in [1.29, 1.82) is 0 Å². The average Bonchev–Trinajstić information content (AvgIpc) is 2.04. The lowest BCUT2D eigenvalue weighted by Crippen LogP contribution is -1.72. The minimum atomic E-state index is -0.609. The Morgan fingerprint density at radius 1 is 1.27 bits per heavy atom. The van der Waals surface area contributed by atoms with Crippen molar-refractivity contribution >= 4 is 11.6 Å². The van der Waals surface area contributed by atoms with Gasteiger partial charge in [0.2, 0.25) is 0 Å². The van der Waals surface area contributed by atoms with Gasteiger partial charge in [-0.2, -0.15) is 0 Å². The highest BCUT2D eigenvalue weighted by atomic mass is 35.5. The topological polar surface area (TPSA) is 0 Å². The Labute approximate surface area is 70.0 Å². The Kier molecular flexibility index (Phi) is 2.95. The molecule has 0 nitrogen and oxygen atoms in total. The van der Waals surface area contributed by atoms with E-state index >= 15 is 0 Å². The second-order valence-electron chi connectivity index (χ2n) is 1.94. The maximum atomic E-state index is 11.6. The number of rotatable bonds is 0. The van der Waals surface area contributed by atoms with Crippen molar-refractivity contribution in [2.24, 2.45) is 0 Å². The number of benzene rings is 1. The van der Waals surface area contributed by atoms with Crippen LogP contribution in [0.2, 0.25) is 5.02 Å². The van der Waals surface area contributed by atoms with Gasteiger partial charge < -0.3 is 0 Å². The molecule has 0 saturated heterocycles. The summed E-state index contributed by atoms with van der Waals surface area (Å²) in [6.45, 7) is -0.609. The van der Waals surface area contributed by atoms with Gasteiger partial charge >= 0.3 is 0 Å². The molecule has 0 heterocycles. The first-order valence-electron chi connectivity index (χ1n) is 3.13. The fraction of sp³-hybridized carbons (Fsp3) is 0.111. The number of alkyl halides is 1. The average molecular weight is 169 g/mol. The third-order valence-electron chi connectivity index (χ3n) is 1.14. The van der Waals surface area contributed by atoms with E-state index in [-0.39, 0.29) is 0 Å². The molecule has 2 heteroatoms. The van der Waals surface area contributed by atoms with Gasteiger partial charge in [0.15, 0.2) is 6.67 Å². The van der Waals surface area contributed by atoms with Crippen LogP contribution in [0.25, 0.3) is 0 Å². The van der Waals surface area contributed by atoms with Crippen molar-refractivity contribution in [3.63, 3.8) is 0 Å². The summed E-state index contributed by atoms with van der Waals surface area (Å²) in [6, 6.07) is 6.96. The summed E-state index contributed by atoms with van der Waals surface area (Å²) in [4.78, 5) is 0. The van der Waals surface area contributed by atoms with Crippen molar-refractivity contribution in [1.82, 2.24) is 0 Å². The molecule has 0 spiro atoms. The Morgan fingerprint density at radius 3 is 2.45 bits per heavy atom. The van der Waals surface area contributed by atoms with Gasteiger partial charge in [0.1, 0.15) is 0 Å². The summed E-state index contributed by atoms with van der Waals surface area (Å²) < 4.78 is 11.6. The van der Waals surface area contributed by atoms with Crippen LogP contribution >= 0.6 is 11.6 Å². The summed E-state index contributed by atoms with van der Waals surface area (Å²) in [5, 5.41) is 0.663. The summed E-state index contributed by atoms with van der Waals surface area (Å²) >= 11 is 5.62. The van der Waals surface area contributed by atoms with Crippen molar-refractivity contribution in [2.75, 3.05) is 6.67 Å². The van der Waals surface area contributed by atoms with Gasteiger partial charge in [-0.25, -0.2) is 4.39 Å². The predicted octanol–water partition coefficient (Wildman–Crippen LogP) is 2.66. The zero-order valence-electron chi connectivity index (χ0n) is 5.77. The fourth-order valence-corrected chi connectivity index (χ4v) is 0.795. The molecular formula is C9H6ClF. The van der Waals surface area contributed by atoms with E-state index in [2.05, 4.69) is 11.8 Å².